The number of alkyl halides is 3. The van der Waals surface area contributed by atoms with Gasteiger partial charge in [0.15, 0.2) is 0 Å². The Balaban J connectivity index is 2.40. The molecule has 2 rings (SSSR count). The summed E-state index contributed by atoms with van der Waals surface area (Å²) in [5, 5.41) is 0.409. The van der Waals surface area contributed by atoms with Gasteiger partial charge in [-0.2, -0.15) is 13.2 Å². The van der Waals surface area contributed by atoms with E-state index in [-0.39, 0.29) is 0 Å². The van der Waals surface area contributed by atoms with Crippen LogP contribution in [0.3, 0.4) is 0 Å². The molecule has 0 spiro atoms. The first kappa shape index (κ1) is 11.9. The van der Waals surface area contributed by atoms with Crippen LogP contribution in [0.2, 0.25) is 5.02 Å². The maximum absolute atomic E-state index is 12.4. The van der Waals surface area contributed by atoms with Gasteiger partial charge in [-0.1, -0.05) is 23.7 Å². The first-order valence-electron chi connectivity index (χ1n) is 4.75. The van der Waals surface area contributed by atoms with E-state index in [0.717, 1.165) is 12.1 Å². The minimum atomic E-state index is -4.32. The number of aromatic nitrogens is 1. The van der Waals surface area contributed by atoms with Gasteiger partial charge in [0.2, 0.25) is 0 Å². The van der Waals surface area contributed by atoms with Gasteiger partial charge in [-0.3, -0.25) is 4.98 Å². The van der Waals surface area contributed by atoms with Crippen molar-refractivity contribution in [2.24, 2.45) is 0 Å². The number of rotatable bonds is 1. The van der Waals surface area contributed by atoms with E-state index in [0.29, 0.717) is 16.1 Å². The van der Waals surface area contributed by atoms with Gasteiger partial charge in [0.25, 0.3) is 0 Å². The van der Waals surface area contributed by atoms with Crippen LogP contribution in [0, 0.1) is 0 Å². The van der Waals surface area contributed by atoms with Crippen LogP contribution in [-0.4, -0.2) is 4.98 Å². The molecule has 0 radical (unpaired) electrons. The van der Waals surface area contributed by atoms with E-state index >= 15 is 0 Å². The largest absolute Gasteiger partial charge is 0.416 e. The van der Waals surface area contributed by atoms with E-state index in [1.54, 1.807) is 12.3 Å². The Hall–Kier alpha value is -1.55. The maximum Gasteiger partial charge on any atom is 0.416 e. The summed E-state index contributed by atoms with van der Waals surface area (Å²) in [6, 6.07) is 6.51. The number of hydrogen-bond acceptors (Lipinski definition) is 1. The van der Waals surface area contributed by atoms with Crippen molar-refractivity contribution >= 4 is 11.6 Å². The highest BCUT2D eigenvalue weighted by Gasteiger charge is 2.29. The highest BCUT2D eigenvalue weighted by atomic mass is 35.5. The van der Waals surface area contributed by atoms with Crippen molar-refractivity contribution < 1.29 is 13.2 Å². The molecule has 0 aliphatic heterocycles. The maximum atomic E-state index is 12.4. The molecule has 17 heavy (non-hydrogen) atoms. The minimum absolute atomic E-state index is 0.409. The molecule has 0 aliphatic rings. The van der Waals surface area contributed by atoms with E-state index in [1.165, 1.54) is 18.3 Å². The summed E-state index contributed by atoms with van der Waals surface area (Å²) in [4.78, 5) is 3.82. The van der Waals surface area contributed by atoms with Crippen molar-refractivity contribution in [3.63, 3.8) is 0 Å². The number of halogens is 4. The van der Waals surface area contributed by atoms with E-state index in [9.17, 15) is 13.2 Å². The van der Waals surface area contributed by atoms with Gasteiger partial charge in [0, 0.05) is 18.0 Å². The summed E-state index contributed by atoms with van der Waals surface area (Å²) in [6.45, 7) is 0. The van der Waals surface area contributed by atoms with E-state index in [4.69, 9.17) is 11.6 Å². The summed E-state index contributed by atoms with van der Waals surface area (Å²) in [5.74, 6) is 0. The molecule has 1 aromatic carbocycles. The fraction of sp³-hybridized carbons (Fsp3) is 0.0833. The summed E-state index contributed by atoms with van der Waals surface area (Å²) >= 11 is 5.90. The lowest BCUT2D eigenvalue weighted by Gasteiger charge is -2.08. The normalized spacial score (nSPS) is 11.5. The quantitative estimate of drug-likeness (QED) is 0.737. The lowest BCUT2D eigenvalue weighted by molar-refractivity contribution is -0.137. The molecule has 0 amide bonds. The molecule has 0 saturated heterocycles. The Morgan fingerprint density at radius 3 is 2.18 bits per heavy atom. The molecular formula is C12H7ClF3N. The molecule has 88 valence electrons. The van der Waals surface area contributed by atoms with Gasteiger partial charge in [0.05, 0.1) is 10.6 Å². The van der Waals surface area contributed by atoms with Crippen molar-refractivity contribution in [1.29, 1.82) is 0 Å². The molecule has 5 heteroatoms. The third-order valence-electron chi connectivity index (χ3n) is 2.30. The second-order valence-electron chi connectivity index (χ2n) is 3.43. The second kappa shape index (κ2) is 4.37. The second-order valence-corrected chi connectivity index (χ2v) is 3.84. The fourth-order valence-corrected chi connectivity index (χ4v) is 1.68. The Bertz CT molecular complexity index is 520. The Morgan fingerprint density at radius 2 is 1.65 bits per heavy atom. The monoisotopic (exact) mass is 257 g/mol. The van der Waals surface area contributed by atoms with Crippen molar-refractivity contribution in [2.45, 2.75) is 6.18 Å². The SMILES string of the molecule is FC(F)(F)c1ccc(-c2ccncc2Cl)cc1. The molecule has 1 heterocycles. The average molecular weight is 258 g/mol. The third kappa shape index (κ3) is 2.58. The zero-order chi connectivity index (χ0) is 12.5. The molecule has 1 nitrogen and oxygen atoms in total. The lowest BCUT2D eigenvalue weighted by atomic mass is 10.1. The van der Waals surface area contributed by atoms with Crippen LogP contribution in [0.15, 0.2) is 42.7 Å². The van der Waals surface area contributed by atoms with Crippen LogP contribution in [0.25, 0.3) is 11.1 Å². The van der Waals surface area contributed by atoms with E-state index < -0.39 is 11.7 Å². The van der Waals surface area contributed by atoms with Gasteiger partial charge >= 0.3 is 6.18 Å². The molecule has 0 unspecified atom stereocenters. The summed E-state index contributed by atoms with van der Waals surface area (Å²) in [7, 11) is 0. The molecule has 0 fully saturated rings. The summed E-state index contributed by atoms with van der Waals surface area (Å²) in [5.41, 5.74) is 0.618. The molecule has 0 saturated carbocycles. The van der Waals surface area contributed by atoms with E-state index in [2.05, 4.69) is 4.98 Å². The van der Waals surface area contributed by atoms with Crippen molar-refractivity contribution in [1.82, 2.24) is 4.98 Å². The standard InChI is InChI=1S/C12H7ClF3N/c13-11-7-17-6-5-10(11)8-1-3-9(4-2-8)12(14,15)16/h1-7H. The van der Waals surface area contributed by atoms with Gasteiger partial charge in [-0.25, -0.2) is 0 Å². The molecular weight excluding hydrogens is 251 g/mol. The molecule has 0 atom stereocenters. The van der Waals surface area contributed by atoms with E-state index in [1.807, 2.05) is 0 Å². The molecule has 0 N–H and O–H groups in total. The van der Waals surface area contributed by atoms with Crippen molar-refractivity contribution in [2.75, 3.05) is 0 Å². The van der Waals surface area contributed by atoms with Crippen molar-refractivity contribution in [3.05, 3.63) is 53.3 Å². The van der Waals surface area contributed by atoms with Crippen LogP contribution in [0.4, 0.5) is 13.2 Å². The van der Waals surface area contributed by atoms with Crippen LogP contribution in [0.5, 0.6) is 0 Å². The van der Waals surface area contributed by atoms with Crippen LogP contribution in [-0.2, 0) is 6.18 Å². The zero-order valence-electron chi connectivity index (χ0n) is 8.50. The zero-order valence-corrected chi connectivity index (χ0v) is 9.26. The number of nitrogens with zero attached hydrogens (tertiary/aromatic N) is 1. The van der Waals surface area contributed by atoms with Gasteiger partial charge in [-0.05, 0) is 23.8 Å². The molecule has 2 aromatic rings. The minimum Gasteiger partial charge on any atom is -0.263 e. The average Bonchev–Trinajstić information content (AvgIpc) is 2.29. The Morgan fingerprint density at radius 1 is 1.00 bits per heavy atom. The molecule has 0 aliphatic carbocycles. The predicted octanol–water partition coefficient (Wildman–Crippen LogP) is 4.42. The lowest BCUT2D eigenvalue weighted by Crippen LogP contribution is -2.03. The molecule has 0 bridgehead atoms. The van der Waals surface area contributed by atoms with Crippen LogP contribution < -0.4 is 0 Å². The fourth-order valence-electron chi connectivity index (χ4n) is 1.45. The van der Waals surface area contributed by atoms with Crippen molar-refractivity contribution in [3.8, 4) is 11.1 Å². The smallest absolute Gasteiger partial charge is 0.263 e. The Labute approximate surface area is 101 Å². The van der Waals surface area contributed by atoms with Crippen LogP contribution in [0.1, 0.15) is 5.56 Å². The number of benzene rings is 1. The predicted molar refractivity (Wildman–Crippen MR) is 59.7 cm³/mol. The Kier molecular flexibility index (Phi) is 3.07. The highest BCUT2D eigenvalue weighted by Crippen LogP contribution is 2.32. The number of pyridine rings is 1. The number of hydrogen-bond donors (Lipinski definition) is 0. The highest BCUT2D eigenvalue weighted by molar-refractivity contribution is 6.33. The van der Waals surface area contributed by atoms with Crippen LogP contribution >= 0.6 is 11.6 Å². The van der Waals surface area contributed by atoms with Gasteiger partial charge in [0.1, 0.15) is 0 Å². The van der Waals surface area contributed by atoms with Gasteiger partial charge < -0.3 is 0 Å². The third-order valence-corrected chi connectivity index (χ3v) is 2.60. The summed E-state index contributed by atoms with van der Waals surface area (Å²) in [6.07, 6.45) is -1.33. The van der Waals surface area contributed by atoms with Gasteiger partial charge in [-0.15, -0.1) is 0 Å². The first-order valence-corrected chi connectivity index (χ1v) is 5.13. The topological polar surface area (TPSA) is 12.9 Å². The molecule has 1 aromatic heterocycles. The first-order chi connectivity index (χ1) is 7.98. The summed E-state index contributed by atoms with van der Waals surface area (Å²) < 4.78 is 37.1.